The van der Waals surface area contributed by atoms with Gasteiger partial charge >= 0.3 is 0 Å². The lowest BCUT2D eigenvalue weighted by atomic mass is 10.0. The van der Waals surface area contributed by atoms with Crippen LogP contribution in [0.2, 0.25) is 0 Å². The highest BCUT2D eigenvalue weighted by atomic mass is 16.3. The summed E-state index contributed by atoms with van der Waals surface area (Å²) in [5.74, 6) is 0.440. The number of aliphatic hydroxyl groups is 1. The molecule has 20 heavy (non-hydrogen) atoms. The molecule has 4 heteroatoms. The van der Waals surface area contributed by atoms with E-state index in [1.807, 2.05) is 18.2 Å². The van der Waals surface area contributed by atoms with Crippen LogP contribution in [0, 0.1) is 0 Å². The summed E-state index contributed by atoms with van der Waals surface area (Å²) in [7, 11) is 0. The van der Waals surface area contributed by atoms with E-state index >= 15 is 0 Å². The summed E-state index contributed by atoms with van der Waals surface area (Å²) in [5.41, 5.74) is 2.07. The molecule has 0 radical (unpaired) electrons. The van der Waals surface area contributed by atoms with Gasteiger partial charge in [0.2, 0.25) is 5.91 Å². The topological polar surface area (TPSA) is 52.6 Å². The Morgan fingerprint density at radius 1 is 1.50 bits per heavy atom. The molecule has 1 aromatic rings. The first-order valence-corrected chi connectivity index (χ1v) is 7.35. The first-order valence-electron chi connectivity index (χ1n) is 7.35. The van der Waals surface area contributed by atoms with Gasteiger partial charge in [0, 0.05) is 11.7 Å². The maximum absolute atomic E-state index is 12.1. The Bertz CT molecular complexity index is 460. The van der Waals surface area contributed by atoms with Crippen molar-refractivity contribution in [1.82, 2.24) is 4.90 Å². The normalized spacial score (nSPS) is 19.5. The second kappa shape index (κ2) is 6.86. The summed E-state index contributed by atoms with van der Waals surface area (Å²) in [5, 5.41) is 12.2. The van der Waals surface area contributed by atoms with Crippen LogP contribution in [0.3, 0.4) is 0 Å². The van der Waals surface area contributed by atoms with Crippen molar-refractivity contribution in [1.29, 1.82) is 0 Å². The minimum atomic E-state index is -0.00810. The fourth-order valence-corrected chi connectivity index (χ4v) is 2.67. The molecule has 1 amide bonds. The Kier molecular flexibility index (Phi) is 5.15. The van der Waals surface area contributed by atoms with E-state index in [0.29, 0.717) is 12.5 Å². The molecule has 1 heterocycles. The fraction of sp³-hybridized carbons (Fsp3) is 0.562. The van der Waals surface area contributed by atoms with Crippen LogP contribution in [0.15, 0.2) is 24.3 Å². The Morgan fingerprint density at radius 3 is 3.00 bits per heavy atom. The summed E-state index contributed by atoms with van der Waals surface area (Å²) < 4.78 is 0. The van der Waals surface area contributed by atoms with E-state index in [9.17, 15) is 9.90 Å². The second-order valence-corrected chi connectivity index (χ2v) is 5.78. The van der Waals surface area contributed by atoms with Gasteiger partial charge in [-0.3, -0.25) is 9.69 Å². The first-order chi connectivity index (χ1) is 9.60. The van der Waals surface area contributed by atoms with Gasteiger partial charge in [-0.05, 0) is 43.0 Å². The second-order valence-electron chi connectivity index (χ2n) is 5.78. The van der Waals surface area contributed by atoms with Gasteiger partial charge in [0.1, 0.15) is 0 Å². The number of hydrogen-bond acceptors (Lipinski definition) is 3. The molecule has 0 spiro atoms. The molecule has 4 nitrogen and oxygen atoms in total. The number of nitrogens with zero attached hydrogens (tertiary/aromatic N) is 1. The maximum Gasteiger partial charge on any atom is 0.238 e. The van der Waals surface area contributed by atoms with Crippen molar-refractivity contribution in [2.24, 2.45) is 0 Å². The van der Waals surface area contributed by atoms with Gasteiger partial charge in [-0.25, -0.2) is 0 Å². The Balaban J connectivity index is 1.92. The van der Waals surface area contributed by atoms with Crippen LogP contribution in [-0.2, 0) is 4.79 Å². The van der Waals surface area contributed by atoms with Crippen molar-refractivity contribution < 1.29 is 9.90 Å². The smallest absolute Gasteiger partial charge is 0.238 e. The molecule has 2 rings (SSSR count). The van der Waals surface area contributed by atoms with Crippen molar-refractivity contribution in [3.8, 4) is 0 Å². The average molecular weight is 276 g/mol. The number of benzene rings is 1. The van der Waals surface area contributed by atoms with Crippen LogP contribution in [0.25, 0.3) is 0 Å². The largest absolute Gasteiger partial charge is 0.395 e. The zero-order chi connectivity index (χ0) is 14.5. The van der Waals surface area contributed by atoms with Gasteiger partial charge in [-0.1, -0.05) is 26.0 Å². The number of carbonyl (C=O) groups excluding carboxylic acids is 1. The molecule has 1 aliphatic heterocycles. The zero-order valence-corrected chi connectivity index (χ0v) is 12.3. The van der Waals surface area contributed by atoms with Crippen molar-refractivity contribution in [2.75, 3.05) is 25.0 Å². The number of nitrogens with one attached hydrogen (secondary N) is 1. The molecule has 0 saturated carbocycles. The number of amides is 1. The minimum Gasteiger partial charge on any atom is -0.395 e. The molecule has 0 aromatic heterocycles. The molecule has 1 atom stereocenters. The summed E-state index contributed by atoms with van der Waals surface area (Å²) in [6.07, 6.45) is 2.04. The molecule has 1 aliphatic rings. The van der Waals surface area contributed by atoms with E-state index in [1.54, 1.807) is 0 Å². The van der Waals surface area contributed by atoms with Crippen LogP contribution in [0.1, 0.15) is 38.2 Å². The molecule has 0 aliphatic carbocycles. The first kappa shape index (κ1) is 15.0. The third-order valence-corrected chi connectivity index (χ3v) is 3.89. The van der Waals surface area contributed by atoms with Gasteiger partial charge in [0.05, 0.1) is 13.2 Å². The van der Waals surface area contributed by atoms with Crippen LogP contribution < -0.4 is 5.32 Å². The van der Waals surface area contributed by atoms with Crippen molar-refractivity contribution in [3.63, 3.8) is 0 Å². The van der Waals surface area contributed by atoms with Gasteiger partial charge < -0.3 is 10.4 Å². The van der Waals surface area contributed by atoms with E-state index in [2.05, 4.69) is 30.1 Å². The van der Waals surface area contributed by atoms with Crippen LogP contribution in [-0.4, -0.2) is 41.7 Å². The lowest BCUT2D eigenvalue weighted by molar-refractivity contribution is -0.117. The standard InChI is InChI=1S/C16H24N2O2/c1-12(2)13-5-3-6-14(9-13)17-16(20)10-18-8-4-7-15(18)11-19/h3,5-6,9,12,15,19H,4,7-8,10-11H2,1-2H3,(H,17,20)/t15-/m1/s1. The highest BCUT2D eigenvalue weighted by Crippen LogP contribution is 2.19. The Morgan fingerprint density at radius 2 is 2.30 bits per heavy atom. The SMILES string of the molecule is CC(C)c1cccc(NC(=O)CN2CCC[C@@H]2CO)c1. The molecule has 2 N–H and O–H groups in total. The monoisotopic (exact) mass is 276 g/mol. The van der Waals surface area contributed by atoms with Crippen LogP contribution in [0.5, 0.6) is 0 Å². The molecular formula is C16H24N2O2. The van der Waals surface area contributed by atoms with Gasteiger partial charge in [0.25, 0.3) is 0 Å². The van der Waals surface area contributed by atoms with Gasteiger partial charge in [-0.15, -0.1) is 0 Å². The van der Waals surface area contributed by atoms with E-state index in [-0.39, 0.29) is 18.6 Å². The molecular weight excluding hydrogens is 252 g/mol. The molecule has 1 saturated heterocycles. The highest BCUT2D eigenvalue weighted by Gasteiger charge is 2.25. The number of anilines is 1. The fourth-order valence-electron chi connectivity index (χ4n) is 2.67. The molecule has 0 bridgehead atoms. The lowest BCUT2D eigenvalue weighted by Gasteiger charge is -2.21. The number of hydrogen-bond donors (Lipinski definition) is 2. The predicted octanol–water partition coefficient (Wildman–Crippen LogP) is 2.21. The van der Waals surface area contributed by atoms with Crippen LogP contribution in [0.4, 0.5) is 5.69 Å². The Labute approximate surface area is 120 Å². The molecule has 110 valence electrons. The average Bonchev–Trinajstić information content (AvgIpc) is 2.86. The summed E-state index contributed by atoms with van der Waals surface area (Å²) in [4.78, 5) is 14.1. The maximum atomic E-state index is 12.1. The van der Waals surface area contributed by atoms with Crippen molar-refractivity contribution in [3.05, 3.63) is 29.8 Å². The summed E-state index contributed by atoms with van der Waals surface area (Å²) >= 11 is 0. The third kappa shape index (κ3) is 3.81. The highest BCUT2D eigenvalue weighted by molar-refractivity contribution is 5.92. The summed E-state index contributed by atoms with van der Waals surface area (Å²) in [6.45, 7) is 5.66. The lowest BCUT2D eigenvalue weighted by Crippen LogP contribution is -2.38. The number of aliphatic hydroxyl groups excluding tert-OH is 1. The number of rotatable bonds is 5. The van der Waals surface area contributed by atoms with E-state index < -0.39 is 0 Å². The van der Waals surface area contributed by atoms with Crippen molar-refractivity contribution in [2.45, 2.75) is 38.6 Å². The predicted molar refractivity (Wildman–Crippen MR) is 80.8 cm³/mol. The van der Waals surface area contributed by atoms with Crippen LogP contribution >= 0.6 is 0 Å². The minimum absolute atomic E-state index is 0.00810. The Hall–Kier alpha value is -1.39. The van der Waals surface area contributed by atoms with Gasteiger partial charge in [-0.2, -0.15) is 0 Å². The summed E-state index contributed by atoms with van der Waals surface area (Å²) in [6, 6.07) is 8.12. The number of carbonyl (C=O) groups is 1. The molecule has 1 aromatic carbocycles. The zero-order valence-electron chi connectivity index (χ0n) is 12.3. The van der Waals surface area contributed by atoms with E-state index in [4.69, 9.17) is 0 Å². The van der Waals surface area contributed by atoms with E-state index in [0.717, 1.165) is 25.1 Å². The molecule has 0 unspecified atom stereocenters. The van der Waals surface area contributed by atoms with Crippen molar-refractivity contribution >= 4 is 11.6 Å². The quantitative estimate of drug-likeness (QED) is 0.867. The third-order valence-electron chi connectivity index (χ3n) is 3.89. The van der Waals surface area contributed by atoms with E-state index in [1.165, 1.54) is 5.56 Å². The van der Waals surface area contributed by atoms with Gasteiger partial charge in [0.15, 0.2) is 0 Å². The number of likely N-dealkylation sites (tertiary alicyclic amines) is 1. The molecule has 1 fully saturated rings.